The molecule has 10 heteroatoms. The molecule has 0 atom stereocenters. The van der Waals surface area contributed by atoms with Gasteiger partial charge in [-0.25, -0.2) is 4.98 Å². The summed E-state index contributed by atoms with van der Waals surface area (Å²) in [6, 6.07) is 0. The first kappa shape index (κ1) is 17.1. The molecule has 0 amide bonds. The fourth-order valence-corrected chi connectivity index (χ4v) is 2.69. The van der Waals surface area contributed by atoms with Gasteiger partial charge in [-0.3, -0.25) is 10.1 Å². The van der Waals surface area contributed by atoms with Gasteiger partial charge in [0.15, 0.2) is 5.03 Å². The van der Waals surface area contributed by atoms with Crippen molar-refractivity contribution in [2.45, 2.75) is 25.7 Å². The Labute approximate surface area is 142 Å². The van der Waals surface area contributed by atoms with Crippen molar-refractivity contribution in [2.24, 2.45) is 0 Å². The number of aromatic nitrogens is 3. The van der Waals surface area contributed by atoms with E-state index in [1.54, 1.807) is 0 Å². The Bertz CT molecular complexity index is 588. The van der Waals surface area contributed by atoms with E-state index in [0.29, 0.717) is 13.1 Å². The molecule has 0 aliphatic carbocycles. The number of halogens is 3. The van der Waals surface area contributed by atoms with Crippen LogP contribution in [0.3, 0.4) is 0 Å². The highest BCUT2D eigenvalue weighted by atomic mass is 35.5. The molecule has 1 aliphatic rings. The molecule has 0 unspecified atom stereocenters. The van der Waals surface area contributed by atoms with Crippen LogP contribution >= 0.6 is 34.8 Å². The van der Waals surface area contributed by atoms with E-state index in [1.807, 2.05) is 4.90 Å². The molecular formula is C12H14Cl3N5O2. The molecule has 2 rings (SSSR count). The largest absolute Gasteiger partial charge is 0.351 e. The first-order valence-electron chi connectivity index (χ1n) is 6.72. The van der Waals surface area contributed by atoms with Crippen LogP contribution < -0.4 is 0 Å². The minimum atomic E-state index is -0.602. The Morgan fingerprint density at radius 1 is 1.14 bits per heavy atom. The van der Waals surface area contributed by atoms with Crippen molar-refractivity contribution in [2.75, 3.05) is 13.1 Å². The van der Waals surface area contributed by atoms with Crippen molar-refractivity contribution in [3.63, 3.8) is 0 Å². The quantitative estimate of drug-likeness (QED) is 0.463. The van der Waals surface area contributed by atoms with Gasteiger partial charge in [0.25, 0.3) is 0 Å². The molecule has 1 fully saturated rings. The smallest absolute Gasteiger partial charge is 0.332 e. The van der Waals surface area contributed by atoms with Gasteiger partial charge in [0, 0.05) is 13.1 Å². The van der Waals surface area contributed by atoms with E-state index < -0.39 is 4.92 Å². The maximum absolute atomic E-state index is 11.5. The fraction of sp³-hybridized carbons (Fsp3) is 0.500. The van der Waals surface area contributed by atoms with E-state index >= 15 is 0 Å². The van der Waals surface area contributed by atoms with Crippen molar-refractivity contribution in [1.29, 1.82) is 0 Å². The molecule has 1 aromatic rings. The van der Waals surface area contributed by atoms with Crippen LogP contribution in [0.4, 0.5) is 0 Å². The summed E-state index contributed by atoms with van der Waals surface area (Å²) in [5.41, 5.74) is -0.380. The summed E-state index contributed by atoms with van der Waals surface area (Å²) in [5.74, 6) is 0.230. The van der Waals surface area contributed by atoms with Crippen molar-refractivity contribution < 1.29 is 4.92 Å². The molecule has 7 nitrogen and oxygen atoms in total. The molecule has 0 saturated carbocycles. The lowest BCUT2D eigenvalue weighted by atomic mass is 10.2. The van der Waals surface area contributed by atoms with Crippen LogP contribution in [0, 0.1) is 10.1 Å². The van der Waals surface area contributed by atoms with E-state index in [0.717, 1.165) is 25.7 Å². The van der Waals surface area contributed by atoms with Gasteiger partial charge in [0.2, 0.25) is 5.82 Å². The fourth-order valence-electron chi connectivity index (χ4n) is 2.35. The van der Waals surface area contributed by atoms with Crippen LogP contribution in [0.2, 0.25) is 0 Å². The third kappa shape index (κ3) is 3.91. The molecule has 120 valence electrons. The predicted octanol–water partition coefficient (Wildman–Crippen LogP) is 3.44. The summed E-state index contributed by atoms with van der Waals surface area (Å²) in [5, 5.41) is 15.2. The highest BCUT2D eigenvalue weighted by molar-refractivity contribution is 6.59. The Hall–Kier alpha value is -1.31. The molecule has 0 bridgehead atoms. The second-order valence-electron chi connectivity index (χ2n) is 4.75. The third-order valence-electron chi connectivity index (χ3n) is 3.31. The summed E-state index contributed by atoms with van der Waals surface area (Å²) in [6.45, 7) is 1.33. The van der Waals surface area contributed by atoms with Gasteiger partial charge < -0.3 is 4.90 Å². The lowest BCUT2D eigenvalue weighted by molar-refractivity contribution is -0.419. The van der Waals surface area contributed by atoms with E-state index in [2.05, 4.69) is 10.1 Å². The second kappa shape index (κ2) is 7.80. The molecule has 1 saturated heterocycles. The summed E-state index contributed by atoms with van der Waals surface area (Å²) in [4.78, 5) is 16.7. The molecule has 22 heavy (non-hydrogen) atoms. The number of rotatable bonds is 4. The molecule has 2 heterocycles. The highest BCUT2D eigenvalue weighted by Crippen LogP contribution is 2.31. The van der Waals surface area contributed by atoms with Crippen molar-refractivity contribution in [3.8, 4) is 0 Å². The van der Waals surface area contributed by atoms with Crippen LogP contribution in [0.1, 0.15) is 25.7 Å². The number of hydrogen-bond acceptors (Lipinski definition) is 5. The highest BCUT2D eigenvalue weighted by Gasteiger charge is 2.31. The summed E-state index contributed by atoms with van der Waals surface area (Å²) in [7, 11) is 0. The van der Waals surface area contributed by atoms with Gasteiger partial charge in [-0.15, -0.1) is 0 Å². The van der Waals surface area contributed by atoms with Gasteiger partial charge in [0.1, 0.15) is 17.1 Å². The lowest BCUT2D eigenvalue weighted by Crippen LogP contribution is -2.29. The van der Waals surface area contributed by atoms with Gasteiger partial charge in [-0.1, -0.05) is 47.6 Å². The van der Waals surface area contributed by atoms with Crippen LogP contribution in [0.5, 0.6) is 0 Å². The molecular weight excluding hydrogens is 353 g/mol. The molecule has 1 aliphatic heterocycles. The van der Waals surface area contributed by atoms with Crippen molar-refractivity contribution in [3.05, 3.63) is 38.0 Å². The van der Waals surface area contributed by atoms with E-state index in [-0.39, 0.29) is 21.0 Å². The van der Waals surface area contributed by atoms with Crippen molar-refractivity contribution in [1.82, 2.24) is 19.7 Å². The van der Waals surface area contributed by atoms with Crippen LogP contribution in [-0.4, -0.2) is 37.7 Å². The molecule has 0 aromatic carbocycles. The molecule has 0 N–H and O–H groups in total. The normalized spacial score (nSPS) is 16.8. The van der Waals surface area contributed by atoms with Gasteiger partial charge in [0.05, 0.1) is 4.92 Å². The monoisotopic (exact) mass is 365 g/mol. The van der Waals surface area contributed by atoms with Crippen LogP contribution in [0.25, 0.3) is 5.82 Å². The van der Waals surface area contributed by atoms with Crippen molar-refractivity contribution >= 4 is 40.6 Å². The van der Waals surface area contributed by atoms with Gasteiger partial charge in [-0.2, -0.15) is 9.78 Å². The number of allylic oxidation sites excluding steroid dienone is 1. The molecule has 1 aromatic heterocycles. The standard InChI is InChI=1S/C12H14Cl3N5O2/c13-9(11(14)15)10(20(21)22)12(19-8-16-7-17-19)18-5-3-1-2-4-6-18/h7-8H,1-6H2/b12-10-. The number of hydrogen-bond donors (Lipinski definition) is 0. The minimum Gasteiger partial charge on any atom is -0.351 e. The SMILES string of the molecule is O=[N+]([O-])/C(C(Cl)=C(Cl)Cl)=C(/N1CCCCCC1)n1cncn1. The Morgan fingerprint density at radius 3 is 2.23 bits per heavy atom. The Morgan fingerprint density at radius 2 is 1.77 bits per heavy atom. The second-order valence-corrected chi connectivity index (χ2v) is 6.07. The van der Waals surface area contributed by atoms with Gasteiger partial charge in [-0.05, 0) is 12.8 Å². The zero-order chi connectivity index (χ0) is 16.1. The van der Waals surface area contributed by atoms with E-state index in [1.165, 1.54) is 17.3 Å². The minimum absolute atomic E-state index is 0.230. The number of nitro groups is 1. The first-order valence-corrected chi connectivity index (χ1v) is 7.85. The summed E-state index contributed by atoms with van der Waals surface area (Å²) < 4.78 is 0.962. The third-order valence-corrected chi connectivity index (χ3v) is 4.25. The summed E-state index contributed by atoms with van der Waals surface area (Å²) >= 11 is 17.3. The van der Waals surface area contributed by atoms with E-state index in [4.69, 9.17) is 34.8 Å². The maximum atomic E-state index is 11.5. The average molecular weight is 367 g/mol. The van der Waals surface area contributed by atoms with Crippen LogP contribution in [-0.2, 0) is 0 Å². The topological polar surface area (TPSA) is 77.1 Å². The predicted molar refractivity (Wildman–Crippen MR) is 84.9 cm³/mol. The average Bonchev–Trinajstić information content (AvgIpc) is 2.86. The van der Waals surface area contributed by atoms with Crippen LogP contribution in [0.15, 0.2) is 27.9 Å². The van der Waals surface area contributed by atoms with E-state index in [9.17, 15) is 10.1 Å². The lowest BCUT2D eigenvalue weighted by Gasteiger charge is -2.24. The number of likely N-dealkylation sites (tertiary alicyclic amines) is 1. The zero-order valence-electron chi connectivity index (χ0n) is 11.6. The maximum Gasteiger partial charge on any atom is 0.332 e. The molecule has 0 spiro atoms. The molecule has 0 radical (unpaired) electrons. The first-order chi connectivity index (χ1) is 10.5. The summed E-state index contributed by atoms with van der Waals surface area (Å²) in [6.07, 6.45) is 6.70. The Balaban J connectivity index is 2.61. The zero-order valence-corrected chi connectivity index (χ0v) is 13.9. The Kier molecular flexibility index (Phi) is 6.05. The van der Waals surface area contributed by atoms with Gasteiger partial charge >= 0.3 is 5.70 Å². The number of nitrogens with zero attached hydrogens (tertiary/aromatic N) is 5.